The minimum absolute atomic E-state index is 0.422. The molecule has 0 radical (unpaired) electrons. The summed E-state index contributed by atoms with van der Waals surface area (Å²) in [6, 6.07) is 10.4. The maximum atomic E-state index is 5.24. The fourth-order valence-corrected chi connectivity index (χ4v) is 3.82. The van der Waals surface area contributed by atoms with E-state index in [1.54, 1.807) is 13.4 Å². The Kier molecular flexibility index (Phi) is 5.90. The Balaban J connectivity index is 1.38. The van der Waals surface area contributed by atoms with Crippen LogP contribution in [-0.2, 0) is 6.54 Å². The lowest BCUT2D eigenvalue weighted by Crippen LogP contribution is -2.38. The summed E-state index contributed by atoms with van der Waals surface area (Å²) in [5.74, 6) is 2.67. The van der Waals surface area contributed by atoms with Crippen molar-refractivity contribution in [3.05, 3.63) is 48.4 Å². The molecule has 8 nitrogen and oxygen atoms in total. The summed E-state index contributed by atoms with van der Waals surface area (Å²) >= 11 is 0. The third-order valence-electron chi connectivity index (χ3n) is 5.37. The van der Waals surface area contributed by atoms with Gasteiger partial charge in [0.15, 0.2) is 0 Å². The van der Waals surface area contributed by atoms with E-state index in [0.717, 1.165) is 60.3 Å². The molecule has 1 fully saturated rings. The molecule has 3 heterocycles. The van der Waals surface area contributed by atoms with Gasteiger partial charge in [-0.2, -0.15) is 5.10 Å². The zero-order valence-corrected chi connectivity index (χ0v) is 16.9. The van der Waals surface area contributed by atoms with Crippen molar-refractivity contribution in [2.75, 3.05) is 37.5 Å². The summed E-state index contributed by atoms with van der Waals surface area (Å²) in [7, 11) is 3.55. The summed E-state index contributed by atoms with van der Waals surface area (Å²) in [5.41, 5.74) is 3.29. The molecule has 2 aromatic heterocycles. The highest BCUT2D eigenvalue weighted by molar-refractivity contribution is 5.63. The van der Waals surface area contributed by atoms with Gasteiger partial charge < -0.3 is 20.3 Å². The van der Waals surface area contributed by atoms with Crippen LogP contribution in [0, 0.1) is 0 Å². The Morgan fingerprint density at radius 3 is 2.90 bits per heavy atom. The number of hydrogen-bond acceptors (Lipinski definition) is 7. The van der Waals surface area contributed by atoms with Gasteiger partial charge in [0.2, 0.25) is 0 Å². The van der Waals surface area contributed by atoms with E-state index >= 15 is 0 Å². The predicted octanol–water partition coefficient (Wildman–Crippen LogP) is 2.68. The normalized spacial score (nSPS) is 16.2. The van der Waals surface area contributed by atoms with E-state index in [9.17, 15) is 0 Å². The molecule has 1 atom stereocenters. The first kappa shape index (κ1) is 19.2. The fourth-order valence-electron chi connectivity index (χ4n) is 3.82. The van der Waals surface area contributed by atoms with Gasteiger partial charge in [0.05, 0.1) is 19.0 Å². The summed E-state index contributed by atoms with van der Waals surface area (Å²) in [6.07, 6.45) is 5.84. The van der Waals surface area contributed by atoms with Crippen LogP contribution in [0.4, 0.5) is 11.6 Å². The largest absolute Gasteiger partial charge is 0.497 e. The second-order valence-corrected chi connectivity index (χ2v) is 7.13. The molecular formula is C21H27N7O. The van der Waals surface area contributed by atoms with Gasteiger partial charge in [0, 0.05) is 49.9 Å². The van der Waals surface area contributed by atoms with Crippen molar-refractivity contribution >= 4 is 11.6 Å². The maximum absolute atomic E-state index is 5.24. The lowest BCUT2D eigenvalue weighted by atomic mass is 10.1. The Morgan fingerprint density at radius 2 is 2.10 bits per heavy atom. The molecule has 29 heavy (non-hydrogen) atoms. The van der Waals surface area contributed by atoms with Crippen LogP contribution in [0.1, 0.15) is 18.4 Å². The summed E-state index contributed by atoms with van der Waals surface area (Å²) in [4.78, 5) is 11.1. The predicted molar refractivity (Wildman–Crippen MR) is 114 cm³/mol. The molecule has 0 spiro atoms. The number of aromatic nitrogens is 4. The fraction of sp³-hybridized carbons (Fsp3) is 0.381. The zero-order valence-electron chi connectivity index (χ0n) is 16.9. The number of hydrogen-bond donors (Lipinski definition) is 3. The van der Waals surface area contributed by atoms with E-state index in [1.807, 2.05) is 43.6 Å². The average Bonchev–Trinajstić information content (AvgIpc) is 3.43. The highest BCUT2D eigenvalue weighted by Crippen LogP contribution is 2.26. The summed E-state index contributed by atoms with van der Waals surface area (Å²) < 4.78 is 5.24. The van der Waals surface area contributed by atoms with Gasteiger partial charge in [-0.15, -0.1) is 0 Å². The number of nitrogens with one attached hydrogen (secondary N) is 3. The number of benzene rings is 1. The second-order valence-electron chi connectivity index (χ2n) is 7.13. The average molecular weight is 393 g/mol. The van der Waals surface area contributed by atoms with Crippen LogP contribution < -0.4 is 20.3 Å². The van der Waals surface area contributed by atoms with Crippen molar-refractivity contribution in [1.82, 2.24) is 25.5 Å². The van der Waals surface area contributed by atoms with Crippen LogP contribution in [0.2, 0.25) is 0 Å². The molecule has 1 saturated heterocycles. The summed E-state index contributed by atoms with van der Waals surface area (Å²) in [5, 5.41) is 14.1. The van der Waals surface area contributed by atoms with Crippen molar-refractivity contribution in [1.29, 1.82) is 0 Å². The Labute approximate surface area is 170 Å². The van der Waals surface area contributed by atoms with Gasteiger partial charge in [0.1, 0.15) is 23.7 Å². The maximum Gasteiger partial charge on any atom is 0.134 e. The van der Waals surface area contributed by atoms with Gasteiger partial charge in [0.25, 0.3) is 0 Å². The number of methoxy groups -OCH3 is 1. The number of rotatable bonds is 8. The van der Waals surface area contributed by atoms with Crippen LogP contribution in [0.15, 0.2) is 42.9 Å². The van der Waals surface area contributed by atoms with Gasteiger partial charge in [-0.3, -0.25) is 5.10 Å². The standard InChI is InChI=1S/C21H27N7O/c1-22-19-10-20(25-14-24-19)28-9-3-4-17(28)13-23-11-16-12-26-27-21(16)15-5-7-18(29-2)8-6-15/h5-8,10,12,14,17,23H,3-4,9,11,13H2,1-2H3,(H,26,27)(H,22,24,25). The zero-order chi connectivity index (χ0) is 20.1. The van der Waals surface area contributed by atoms with E-state index in [0.29, 0.717) is 6.04 Å². The first-order valence-electron chi connectivity index (χ1n) is 9.92. The monoisotopic (exact) mass is 393 g/mol. The Morgan fingerprint density at radius 1 is 1.24 bits per heavy atom. The first-order valence-corrected chi connectivity index (χ1v) is 9.92. The number of ether oxygens (including phenoxy) is 1. The van der Waals surface area contributed by atoms with Crippen molar-refractivity contribution in [3.8, 4) is 17.0 Å². The van der Waals surface area contributed by atoms with E-state index in [4.69, 9.17) is 4.74 Å². The molecule has 1 aliphatic rings. The van der Waals surface area contributed by atoms with Crippen LogP contribution >= 0.6 is 0 Å². The van der Waals surface area contributed by atoms with Gasteiger partial charge >= 0.3 is 0 Å². The number of H-pyrrole nitrogens is 1. The van der Waals surface area contributed by atoms with Gasteiger partial charge in [-0.05, 0) is 37.1 Å². The molecule has 1 unspecified atom stereocenters. The minimum Gasteiger partial charge on any atom is -0.497 e. The lowest BCUT2D eigenvalue weighted by Gasteiger charge is -2.26. The molecular weight excluding hydrogens is 366 g/mol. The van der Waals surface area contributed by atoms with Crippen LogP contribution in [0.25, 0.3) is 11.3 Å². The van der Waals surface area contributed by atoms with Crippen LogP contribution in [0.5, 0.6) is 5.75 Å². The molecule has 0 bridgehead atoms. The third-order valence-corrected chi connectivity index (χ3v) is 5.37. The smallest absolute Gasteiger partial charge is 0.134 e. The molecule has 3 N–H and O–H groups in total. The van der Waals surface area contributed by atoms with E-state index in [-0.39, 0.29) is 0 Å². The van der Waals surface area contributed by atoms with Crippen LogP contribution in [-0.4, -0.2) is 53.5 Å². The van der Waals surface area contributed by atoms with Crippen molar-refractivity contribution in [2.24, 2.45) is 0 Å². The van der Waals surface area contributed by atoms with Crippen molar-refractivity contribution < 1.29 is 4.74 Å². The van der Waals surface area contributed by atoms with Gasteiger partial charge in [-0.25, -0.2) is 9.97 Å². The second kappa shape index (κ2) is 8.91. The molecule has 1 aliphatic heterocycles. The van der Waals surface area contributed by atoms with E-state index < -0.39 is 0 Å². The molecule has 0 saturated carbocycles. The Hall–Kier alpha value is -3.13. The number of anilines is 2. The lowest BCUT2D eigenvalue weighted by molar-refractivity contribution is 0.415. The third kappa shape index (κ3) is 4.32. The van der Waals surface area contributed by atoms with Crippen LogP contribution in [0.3, 0.4) is 0 Å². The van der Waals surface area contributed by atoms with Crippen molar-refractivity contribution in [3.63, 3.8) is 0 Å². The highest BCUT2D eigenvalue weighted by Gasteiger charge is 2.25. The van der Waals surface area contributed by atoms with Crippen molar-refractivity contribution in [2.45, 2.75) is 25.4 Å². The van der Waals surface area contributed by atoms with E-state index in [2.05, 4.69) is 35.7 Å². The molecule has 1 aromatic carbocycles. The number of aromatic amines is 1. The molecule has 4 rings (SSSR count). The topological polar surface area (TPSA) is 91.0 Å². The SMILES string of the molecule is CNc1cc(N2CCCC2CNCc2cn[nH]c2-c2ccc(OC)cc2)ncn1. The molecule has 8 heteroatoms. The molecule has 0 aliphatic carbocycles. The van der Waals surface area contributed by atoms with Gasteiger partial charge in [-0.1, -0.05) is 0 Å². The first-order chi connectivity index (χ1) is 14.3. The quantitative estimate of drug-likeness (QED) is 0.542. The Bertz CT molecular complexity index is 925. The molecule has 152 valence electrons. The van der Waals surface area contributed by atoms with E-state index in [1.165, 1.54) is 6.42 Å². The highest BCUT2D eigenvalue weighted by atomic mass is 16.5. The number of nitrogens with zero attached hydrogens (tertiary/aromatic N) is 4. The summed E-state index contributed by atoms with van der Waals surface area (Å²) in [6.45, 7) is 2.68. The molecule has 3 aromatic rings. The minimum atomic E-state index is 0.422. The molecule has 0 amide bonds.